The van der Waals surface area contributed by atoms with E-state index in [-0.39, 0.29) is 0 Å². The van der Waals surface area contributed by atoms with Crippen LogP contribution >= 0.6 is 0 Å². The minimum atomic E-state index is -3.39. The van der Waals surface area contributed by atoms with E-state index in [0.29, 0.717) is 11.4 Å². The molecule has 0 atom stereocenters. The van der Waals surface area contributed by atoms with Crippen LogP contribution in [0.25, 0.3) is 0 Å². The molecule has 1 aromatic rings. The topological polar surface area (TPSA) is 61.4 Å². The maximum Gasteiger partial charge on any atom is 0.240 e. The van der Waals surface area contributed by atoms with Gasteiger partial charge in [0.1, 0.15) is 0 Å². The summed E-state index contributed by atoms with van der Waals surface area (Å²) >= 11 is 0. The number of nitrogens with one attached hydrogen (secondary N) is 2. The fourth-order valence-electron chi connectivity index (χ4n) is 2.59. The van der Waals surface area contributed by atoms with Gasteiger partial charge >= 0.3 is 0 Å². The van der Waals surface area contributed by atoms with Crippen LogP contribution in [0.4, 0.5) is 0 Å². The summed E-state index contributed by atoms with van der Waals surface area (Å²) < 4.78 is 27.7. The van der Waals surface area contributed by atoms with Crippen molar-refractivity contribution in [3.63, 3.8) is 0 Å². The molecule has 0 bridgehead atoms. The summed E-state index contributed by atoms with van der Waals surface area (Å²) in [5, 5.41) is 3.27. The number of fused-ring (bicyclic) bond motifs is 1. The van der Waals surface area contributed by atoms with Crippen LogP contribution < -0.4 is 10.0 Å². The van der Waals surface area contributed by atoms with Gasteiger partial charge in [-0.2, -0.15) is 0 Å². The number of unbranched alkanes of at least 4 members (excludes halogenated alkanes) is 1. The van der Waals surface area contributed by atoms with E-state index in [9.17, 15) is 8.42 Å². The smallest absolute Gasteiger partial charge is 0.240 e. The average molecular weight is 311 g/mol. The van der Waals surface area contributed by atoms with Crippen LogP contribution in [0.3, 0.4) is 0 Å². The van der Waals surface area contributed by atoms with Crippen molar-refractivity contribution >= 4 is 10.0 Å². The number of benzene rings is 1. The maximum atomic E-state index is 12.5. The molecule has 0 spiro atoms. The van der Waals surface area contributed by atoms with Crippen LogP contribution in [0.5, 0.6) is 0 Å². The van der Waals surface area contributed by atoms with Gasteiger partial charge in [0, 0.05) is 13.1 Å². The van der Waals surface area contributed by atoms with E-state index < -0.39 is 10.0 Å². The summed E-state index contributed by atoms with van der Waals surface area (Å²) in [6.07, 6.45) is 2.62. The van der Waals surface area contributed by atoms with Crippen molar-refractivity contribution in [3.8, 4) is 0 Å². The minimum Gasteiger partial charge on any atom is -0.312 e. The molecule has 5 nitrogen and oxygen atoms in total. The van der Waals surface area contributed by atoms with Crippen LogP contribution in [-0.4, -0.2) is 47.0 Å². The molecule has 0 saturated carbocycles. The number of sulfonamides is 1. The lowest BCUT2D eigenvalue weighted by atomic mass is 10.0. The van der Waals surface area contributed by atoms with Crippen LogP contribution in [0.1, 0.15) is 24.0 Å². The van der Waals surface area contributed by atoms with Gasteiger partial charge in [0.15, 0.2) is 0 Å². The molecule has 1 heterocycles. The Kier molecular flexibility index (Phi) is 5.75. The first-order valence-corrected chi connectivity index (χ1v) is 8.95. The highest BCUT2D eigenvalue weighted by Crippen LogP contribution is 2.22. The van der Waals surface area contributed by atoms with E-state index in [1.54, 1.807) is 6.07 Å². The van der Waals surface area contributed by atoms with Gasteiger partial charge in [0.25, 0.3) is 0 Å². The van der Waals surface area contributed by atoms with E-state index in [1.807, 2.05) is 26.2 Å². The minimum absolute atomic E-state index is 0.453. The van der Waals surface area contributed by atoms with Gasteiger partial charge in [0.2, 0.25) is 10.0 Å². The van der Waals surface area contributed by atoms with E-state index in [4.69, 9.17) is 0 Å². The summed E-state index contributed by atoms with van der Waals surface area (Å²) in [6.45, 7) is 3.07. The predicted octanol–water partition coefficient (Wildman–Crippen LogP) is 0.952. The normalized spacial score (nSPS) is 15.2. The quantitative estimate of drug-likeness (QED) is 0.736. The first kappa shape index (κ1) is 16.4. The zero-order chi connectivity index (χ0) is 15.3. The molecule has 21 heavy (non-hydrogen) atoms. The molecule has 2 rings (SSSR count). The number of nitrogens with zero attached hydrogens (tertiary/aromatic N) is 1. The van der Waals surface area contributed by atoms with Crippen molar-refractivity contribution in [2.75, 3.05) is 33.7 Å². The fraction of sp³-hybridized carbons (Fsp3) is 0.600. The molecule has 0 aliphatic carbocycles. The molecule has 0 fully saturated rings. The van der Waals surface area contributed by atoms with Gasteiger partial charge in [-0.1, -0.05) is 12.1 Å². The Hall–Kier alpha value is -0.950. The SMILES string of the molecule is CN(C)CCCCNS(=O)(=O)c1cccc2c1CCNC2. The van der Waals surface area contributed by atoms with Gasteiger partial charge < -0.3 is 10.2 Å². The van der Waals surface area contributed by atoms with E-state index >= 15 is 0 Å². The molecule has 2 N–H and O–H groups in total. The molecule has 1 aromatic carbocycles. The fourth-order valence-corrected chi connectivity index (χ4v) is 3.97. The predicted molar refractivity (Wildman–Crippen MR) is 84.8 cm³/mol. The Balaban J connectivity index is 2.00. The van der Waals surface area contributed by atoms with E-state index in [1.165, 1.54) is 0 Å². The lowest BCUT2D eigenvalue weighted by Gasteiger charge is -2.20. The van der Waals surface area contributed by atoms with Crippen LogP contribution in [-0.2, 0) is 23.0 Å². The molecule has 6 heteroatoms. The lowest BCUT2D eigenvalue weighted by molar-refractivity contribution is 0.394. The Bertz CT molecular complexity index is 570. The van der Waals surface area contributed by atoms with E-state index in [0.717, 1.165) is 50.0 Å². The highest BCUT2D eigenvalue weighted by Gasteiger charge is 2.21. The maximum absolute atomic E-state index is 12.5. The molecule has 1 aliphatic rings. The Morgan fingerprint density at radius 1 is 1.29 bits per heavy atom. The zero-order valence-corrected chi connectivity index (χ0v) is 13.7. The molecule has 0 radical (unpaired) electrons. The van der Waals surface area contributed by atoms with Crippen LogP contribution in [0.15, 0.2) is 23.1 Å². The van der Waals surface area contributed by atoms with Gasteiger partial charge in [-0.3, -0.25) is 0 Å². The third kappa shape index (κ3) is 4.51. The molecule has 0 amide bonds. The molecule has 0 aromatic heterocycles. The second-order valence-corrected chi connectivity index (χ2v) is 7.46. The summed E-state index contributed by atoms with van der Waals surface area (Å²) in [6, 6.07) is 5.54. The van der Waals surface area contributed by atoms with Crippen molar-refractivity contribution in [3.05, 3.63) is 29.3 Å². The standard InChI is InChI=1S/C15H25N3O2S/c1-18(2)11-4-3-9-17-21(19,20)15-7-5-6-13-12-16-10-8-14(13)15/h5-7,16-17H,3-4,8-12H2,1-2H3. The first-order chi connectivity index (χ1) is 10.0. The highest BCUT2D eigenvalue weighted by molar-refractivity contribution is 7.89. The first-order valence-electron chi connectivity index (χ1n) is 7.46. The van der Waals surface area contributed by atoms with E-state index in [2.05, 4.69) is 14.9 Å². The lowest BCUT2D eigenvalue weighted by Crippen LogP contribution is -2.30. The molecular weight excluding hydrogens is 286 g/mol. The molecule has 118 valence electrons. The number of rotatable bonds is 7. The second kappa shape index (κ2) is 7.35. The molecule has 1 aliphatic heterocycles. The van der Waals surface area contributed by atoms with Gasteiger partial charge in [0.05, 0.1) is 4.90 Å². The summed E-state index contributed by atoms with van der Waals surface area (Å²) in [4.78, 5) is 2.56. The Labute approximate surface area is 127 Å². The van der Waals surface area contributed by atoms with Crippen LogP contribution in [0.2, 0.25) is 0 Å². The third-order valence-electron chi connectivity index (χ3n) is 3.71. The molecular formula is C15H25N3O2S. The monoisotopic (exact) mass is 311 g/mol. The average Bonchev–Trinajstić information content (AvgIpc) is 2.46. The summed E-state index contributed by atoms with van der Waals surface area (Å²) in [5.74, 6) is 0. The van der Waals surface area contributed by atoms with Gasteiger partial charge in [-0.25, -0.2) is 13.1 Å². The summed E-state index contributed by atoms with van der Waals surface area (Å²) in [5.41, 5.74) is 2.06. The number of hydrogen-bond donors (Lipinski definition) is 2. The van der Waals surface area contributed by atoms with Crippen molar-refractivity contribution in [1.82, 2.24) is 14.9 Å². The Morgan fingerprint density at radius 3 is 2.86 bits per heavy atom. The Morgan fingerprint density at radius 2 is 2.10 bits per heavy atom. The van der Waals surface area contributed by atoms with Crippen molar-refractivity contribution in [1.29, 1.82) is 0 Å². The van der Waals surface area contributed by atoms with Crippen molar-refractivity contribution < 1.29 is 8.42 Å². The highest BCUT2D eigenvalue weighted by atomic mass is 32.2. The van der Waals surface area contributed by atoms with Crippen molar-refractivity contribution in [2.45, 2.75) is 30.7 Å². The van der Waals surface area contributed by atoms with Gasteiger partial charge in [-0.15, -0.1) is 0 Å². The van der Waals surface area contributed by atoms with Gasteiger partial charge in [-0.05, 0) is 63.6 Å². The third-order valence-corrected chi connectivity index (χ3v) is 5.26. The number of hydrogen-bond acceptors (Lipinski definition) is 4. The summed E-state index contributed by atoms with van der Waals surface area (Å²) in [7, 11) is 0.651. The van der Waals surface area contributed by atoms with Crippen molar-refractivity contribution in [2.24, 2.45) is 0 Å². The largest absolute Gasteiger partial charge is 0.312 e. The second-order valence-electron chi connectivity index (χ2n) is 5.73. The zero-order valence-electron chi connectivity index (χ0n) is 12.9. The molecule has 0 saturated heterocycles. The van der Waals surface area contributed by atoms with Crippen LogP contribution in [0, 0.1) is 0 Å². The molecule has 0 unspecified atom stereocenters.